The Morgan fingerprint density at radius 3 is 1.28 bits per heavy atom. The minimum atomic E-state index is 0.333. The largest absolute Gasteiger partial charge is 0.328 e. The van der Waals surface area contributed by atoms with E-state index in [1.165, 1.54) is 19.3 Å². The average molecular weight is 420 g/mol. The highest BCUT2D eigenvalue weighted by atomic mass is 15.4. The molecule has 29 heavy (non-hydrogen) atoms. The number of hydrazine groups is 2. The number of nitrogens with one attached hydrogen (secondary N) is 1. The molecule has 0 rings (SSSR count). The van der Waals surface area contributed by atoms with Gasteiger partial charge >= 0.3 is 0 Å². The number of rotatable bonds is 6. The third-order valence-corrected chi connectivity index (χ3v) is 2.64. The van der Waals surface area contributed by atoms with Crippen LogP contribution in [0.4, 0.5) is 0 Å². The molecule has 0 spiro atoms. The van der Waals surface area contributed by atoms with Gasteiger partial charge in [-0.05, 0) is 49.0 Å². The molecule has 0 saturated carbocycles. The lowest BCUT2D eigenvalue weighted by molar-refractivity contribution is 0.429. The van der Waals surface area contributed by atoms with E-state index in [1.54, 1.807) is 5.53 Å². The molecule has 0 amide bonds. The van der Waals surface area contributed by atoms with Crippen molar-refractivity contribution in [1.29, 1.82) is 5.26 Å². The standard InChI is InChI=1S/C8H18.C7H13N.C4H10.C3H9N.C2H6.H5N3/c1-5-8(4)6-7(2)3;1-7(2)5-3-4-6-8;1-4(2)3;1-3(2)4;1-2;1-3-2/h7-8H,5-6H2,1-4H3;7H,3-5H2,1-2H3;4H,1-3H3;3H,4H2,1-2H3;1-2H3;3H,1-2H2. The number of unbranched alkanes of at least 4 members (excludes halogenated alkanes) is 1. The summed E-state index contributed by atoms with van der Waals surface area (Å²) < 4.78 is 0. The summed E-state index contributed by atoms with van der Waals surface area (Å²) in [6.07, 6.45) is 5.69. The fraction of sp³-hybridized carbons (Fsp3) is 0.958. The summed E-state index contributed by atoms with van der Waals surface area (Å²) in [7, 11) is 0. The maximum Gasteiger partial charge on any atom is 0.0621 e. The summed E-state index contributed by atoms with van der Waals surface area (Å²) in [5.74, 6) is 12.1. The van der Waals surface area contributed by atoms with Gasteiger partial charge in [0, 0.05) is 6.42 Å². The summed E-state index contributed by atoms with van der Waals surface area (Å²) in [5.41, 5.74) is 6.86. The topological polar surface area (TPSA) is 114 Å². The van der Waals surface area contributed by atoms with Gasteiger partial charge in [0.1, 0.15) is 0 Å². The summed E-state index contributed by atoms with van der Waals surface area (Å²) in [6.45, 7) is 27.9. The molecule has 0 radical (unpaired) electrons. The Morgan fingerprint density at radius 1 is 0.828 bits per heavy atom. The first-order valence-electron chi connectivity index (χ1n) is 11.6. The quantitative estimate of drug-likeness (QED) is 0.215. The smallest absolute Gasteiger partial charge is 0.0621 e. The lowest BCUT2D eigenvalue weighted by atomic mass is 9.97. The van der Waals surface area contributed by atoms with Gasteiger partial charge in [-0.2, -0.15) is 10.8 Å². The molecular formula is C24H61N5. The first-order valence-corrected chi connectivity index (χ1v) is 11.6. The Labute approximate surface area is 186 Å². The molecule has 1 unspecified atom stereocenters. The van der Waals surface area contributed by atoms with Crippen LogP contribution in [0.15, 0.2) is 0 Å². The van der Waals surface area contributed by atoms with E-state index in [0.29, 0.717) is 6.04 Å². The molecule has 0 heterocycles. The summed E-state index contributed by atoms with van der Waals surface area (Å²) in [4.78, 5) is 0. The first kappa shape index (κ1) is 42.4. The van der Waals surface area contributed by atoms with Gasteiger partial charge < -0.3 is 5.73 Å². The molecule has 0 aliphatic carbocycles. The number of nitriles is 1. The highest BCUT2D eigenvalue weighted by Crippen LogP contribution is 2.12. The van der Waals surface area contributed by atoms with Crippen molar-refractivity contribution in [2.45, 2.75) is 128 Å². The highest BCUT2D eigenvalue weighted by Gasteiger charge is 2.00. The van der Waals surface area contributed by atoms with Crippen molar-refractivity contribution in [2.75, 3.05) is 0 Å². The molecular weight excluding hydrogens is 358 g/mol. The molecule has 182 valence electrons. The Balaban J connectivity index is -0.0000000587. The van der Waals surface area contributed by atoms with Crippen molar-refractivity contribution in [3.63, 3.8) is 0 Å². The Morgan fingerprint density at radius 2 is 1.14 bits per heavy atom. The van der Waals surface area contributed by atoms with Gasteiger partial charge in [-0.25, -0.2) is 0 Å². The van der Waals surface area contributed by atoms with Gasteiger partial charge in [-0.15, -0.1) is 0 Å². The molecule has 0 aromatic carbocycles. The fourth-order valence-electron chi connectivity index (χ4n) is 1.56. The van der Waals surface area contributed by atoms with E-state index in [9.17, 15) is 0 Å². The van der Waals surface area contributed by atoms with Gasteiger partial charge in [0.05, 0.1) is 6.07 Å². The maximum absolute atomic E-state index is 8.13. The number of hydrogen-bond donors (Lipinski definition) is 4. The minimum absolute atomic E-state index is 0.333. The van der Waals surface area contributed by atoms with Gasteiger partial charge in [0.2, 0.25) is 0 Å². The van der Waals surface area contributed by atoms with E-state index in [1.807, 2.05) is 27.7 Å². The van der Waals surface area contributed by atoms with E-state index < -0.39 is 0 Å². The van der Waals surface area contributed by atoms with Gasteiger partial charge in [-0.3, -0.25) is 11.7 Å². The molecule has 5 heteroatoms. The van der Waals surface area contributed by atoms with E-state index in [4.69, 9.17) is 11.0 Å². The zero-order valence-corrected chi connectivity index (χ0v) is 22.6. The lowest BCUT2D eigenvalue weighted by Gasteiger charge is -2.09. The van der Waals surface area contributed by atoms with Crippen LogP contribution in [0.2, 0.25) is 0 Å². The third kappa shape index (κ3) is 164. The van der Waals surface area contributed by atoms with E-state index in [2.05, 4.69) is 80.1 Å². The molecule has 0 aromatic heterocycles. The van der Waals surface area contributed by atoms with Crippen LogP contribution in [0.25, 0.3) is 0 Å². The number of nitrogens with zero attached hydrogens (tertiary/aromatic N) is 1. The number of nitrogens with two attached hydrogens (primary N) is 3. The van der Waals surface area contributed by atoms with Crippen molar-refractivity contribution >= 4 is 0 Å². The molecule has 5 nitrogen and oxygen atoms in total. The summed E-state index contributed by atoms with van der Waals surface area (Å²) >= 11 is 0. The van der Waals surface area contributed by atoms with Crippen molar-refractivity contribution in [3.8, 4) is 6.07 Å². The molecule has 0 aliphatic heterocycles. The second-order valence-corrected chi connectivity index (χ2v) is 8.73. The monoisotopic (exact) mass is 419 g/mol. The molecule has 0 bridgehead atoms. The lowest BCUT2D eigenvalue weighted by Crippen LogP contribution is -2.29. The summed E-state index contributed by atoms with van der Waals surface area (Å²) in [5, 5.41) is 8.13. The van der Waals surface area contributed by atoms with Crippen LogP contribution < -0.4 is 23.0 Å². The second kappa shape index (κ2) is 41.6. The molecule has 1 atom stereocenters. The number of hydrogen-bond acceptors (Lipinski definition) is 5. The summed E-state index contributed by atoms with van der Waals surface area (Å²) in [6, 6.07) is 2.46. The van der Waals surface area contributed by atoms with Crippen LogP contribution in [-0.2, 0) is 0 Å². The maximum atomic E-state index is 8.13. The van der Waals surface area contributed by atoms with Gasteiger partial charge in [0.25, 0.3) is 0 Å². The van der Waals surface area contributed by atoms with Crippen LogP contribution >= 0.6 is 0 Å². The van der Waals surface area contributed by atoms with Crippen LogP contribution in [0.5, 0.6) is 0 Å². The fourth-order valence-corrected chi connectivity index (χ4v) is 1.56. The van der Waals surface area contributed by atoms with Gasteiger partial charge in [-0.1, -0.05) is 96.4 Å². The van der Waals surface area contributed by atoms with Crippen LogP contribution in [0.3, 0.4) is 0 Å². The van der Waals surface area contributed by atoms with Crippen molar-refractivity contribution in [3.05, 3.63) is 0 Å². The van der Waals surface area contributed by atoms with Crippen molar-refractivity contribution in [2.24, 2.45) is 41.1 Å². The zero-order chi connectivity index (χ0) is 24.8. The molecule has 0 fully saturated rings. The highest BCUT2D eigenvalue weighted by molar-refractivity contribution is 4.68. The van der Waals surface area contributed by atoms with E-state index in [0.717, 1.165) is 36.5 Å². The average Bonchev–Trinajstić information content (AvgIpc) is 2.56. The van der Waals surface area contributed by atoms with Crippen molar-refractivity contribution < 1.29 is 0 Å². The first-order chi connectivity index (χ1) is 13.3. The Hall–Kier alpha value is -0.670. The second-order valence-electron chi connectivity index (χ2n) is 8.73. The zero-order valence-electron chi connectivity index (χ0n) is 22.6. The molecule has 0 aromatic rings. The molecule has 0 aliphatic rings. The van der Waals surface area contributed by atoms with E-state index >= 15 is 0 Å². The normalized spacial score (nSPS) is 9.90. The van der Waals surface area contributed by atoms with Crippen LogP contribution in [-0.4, -0.2) is 6.04 Å². The van der Waals surface area contributed by atoms with Crippen molar-refractivity contribution in [1.82, 2.24) is 5.53 Å². The predicted molar refractivity (Wildman–Crippen MR) is 136 cm³/mol. The molecule has 0 saturated heterocycles. The predicted octanol–water partition coefficient (Wildman–Crippen LogP) is 6.78. The Bertz CT molecular complexity index is 247. The molecule has 7 N–H and O–H groups in total. The SMILES string of the molecule is CC.CC(C)C.CC(C)CCCC#N.CC(C)N.CCC(C)CC(C)C.NNN. The van der Waals surface area contributed by atoms with E-state index in [-0.39, 0.29) is 0 Å². The minimum Gasteiger partial charge on any atom is -0.328 e. The Kier molecular flexibility index (Phi) is 60.9. The van der Waals surface area contributed by atoms with Gasteiger partial charge in [0.15, 0.2) is 0 Å². The third-order valence-electron chi connectivity index (χ3n) is 2.64. The van der Waals surface area contributed by atoms with Crippen LogP contribution in [0.1, 0.15) is 122 Å². The van der Waals surface area contributed by atoms with Crippen LogP contribution in [0, 0.1) is 35.0 Å².